The Labute approximate surface area is 195 Å². The monoisotopic (exact) mass is 451 g/mol. The number of hydrogen-bond donors (Lipinski definition) is 2. The van der Waals surface area contributed by atoms with Gasteiger partial charge in [0.2, 0.25) is 5.91 Å². The zero-order valence-electron chi connectivity index (χ0n) is 19.3. The molecule has 2 aliphatic heterocycles. The van der Waals surface area contributed by atoms with Gasteiger partial charge in [0.05, 0.1) is 11.6 Å². The molecule has 0 atom stereocenters. The van der Waals surface area contributed by atoms with Crippen molar-refractivity contribution in [2.75, 3.05) is 32.8 Å². The Kier molecular flexibility index (Phi) is 7.44. The van der Waals surface area contributed by atoms with Crippen LogP contribution in [0.1, 0.15) is 30.4 Å². The summed E-state index contributed by atoms with van der Waals surface area (Å²) >= 11 is 0. The molecule has 1 aromatic carbocycles. The van der Waals surface area contributed by atoms with Crippen molar-refractivity contribution < 1.29 is 14.3 Å². The summed E-state index contributed by atoms with van der Waals surface area (Å²) in [6, 6.07) is 7.77. The maximum atomic E-state index is 13.3. The van der Waals surface area contributed by atoms with Crippen molar-refractivity contribution >= 4 is 11.8 Å². The van der Waals surface area contributed by atoms with Gasteiger partial charge in [-0.05, 0) is 50.4 Å². The van der Waals surface area contributed by atoms with Gasteiger partial charge in [0, 0.05) is 38.4 Å². The van der Waals surface area contributed by atoms with E-state index in [2.05, 4.69) is 32.8 Å². The van der Waals surface area contributed by atoms with Crippen LogP contribution in [-0.4, -0.2) is 59.3 Å². The Morgan fingerprint density at radius 3 is 2.67 bits per heavy atom. The summed E-state index contributed by atoms with van der Waals surface area (Å²) in [5.74, 6) is 0.608. The van der Waals surface area contributed by atoms with E-state index in [-0.39, 0.29) is 18.4 Å². The number of nitrogens with one attached hydrogen (secondary N) is 2. The average molecular weight is 452 g/mol. The van der Waals surface area contributed by atoms with E-state index in [0.717, 1.165) is 43.8 Å². The third-order valence-electron chi connectivity index (χ3n) is 6.54. The lowest BCUT2D eigenvalue weighted by Gasteiger charge is -2.40. The molecule has 0 radical (unpaired) electrons. The van der Waals surface area contributed by atoms with E-state index >= 15 is 0 Å². The standard InChI is InChI=1S/C25H33N5O3/c1-29-17-20(16-28-29)18-30-14-10-25(11-15-30)9-5-4-7-21-6-2-3-8-22(21)33-19-23(31)26-12-13-27-24(25)32/h2-6,8,16-17H,7,9-15,18-19H2,1H3,(H,26,31)(H,27,32)/b5-4+. The maximum absolute atomic E-state index is 13.3. The first-order chi connectivity index (χ1) is 16.0. The van der Waals surface area contributed by atoms with E-state index in [0.29, 0.717) is 25.9 Å². The smallest absolute Gasteiger partial charge is 0.258 e. The summed E-state index contributed by atoms with van der Waals surface area (Å²) in [5.41, 5.74) is 1.79. The molecule has 2 aromatic rings. The quantitative estimate of drug-likeness (QED) is 0.680. The molecule has 176 valence electrons. The van der Waals surface area contributed by atoms with Crippen LogP contribution in [0.5, 0.6) is 5.75 Å². The Morgan fingerprint density at radius 2 is 1.88 bits per heavy atom. The first kappa shape index (κ1) is 23.0. The number of fused-ring (bicyclic) bond motifs is 1. The van der Waals surface area contributed by atoms with Gasteiger partial charge in [0.25, 0.3) is 5.91 Å². The lowest BCUT2D eigenvalue weighted by Crippen LogP contribution is -2.49. The molecule has 1 saturated heterocycles. The van der Waals surface area contributed by atoms with Gasteiger partial charge in [-0.15, -0.1) is 0 Å². The molecule has 8 nitrogen and oxygen atoms in total. The predicted octanol–water partition coefficient (Wildman–Crippen LogP) is 1.82. The minimum absolute atomic E-state index is 0.0363. The zero-order valence-corrected chi connectivity index (χ0v) is 19.3. The van der Waals surface area contributed by atoms with Crippen LogP contribution < -0.4 is 15.4 Å². The van der Waals surface area contributed by atoms with Gasteiger partial charge in [-0.2, -0.15) is 5.10 Å². The number of amides is 2. The minimum Gasteiger partial charge on any atom is -0.483 e. The molecule has 2 amide bonds. The SMILES string of the molecule is Cn1cc(CN2CCC3(C/C=C/Cc4ccccc4OCC(=O)NCCNC3=O)CC2)cn1. The first-order valence-corrected chi connectivity index (χ1v) is 11.6. The second-order valence-electron chi connectivity index (χ2n) is 8.96. The summed E-state index contributed by atoms with van der Waals surface area (Å²) in [5, 5.41) is 10.1. The van der Waals surface area contributed by atoms with Gasteiger partial charge < -0.3 is 15.4 Å². The van der Waals surface area contributed by atoms with E-state index in [1.165, 1.54) is 5.56 Å². The highest BCUT2D eigenvalue weighted by Gasteiger charge is 2.40. The molecule has 0 unspecified atom stereocenters. The molecule has 8 heteroatoms. The van der Waals surface area contributed by atoms with Crippen molar-refractivity contribution in [3.05, 3.63) is 59.9 Å². The Balaban J connectivity index is 1.45. The second-order valence-corrected chi connectivity index (χ2v) is 8.96. The number of para-hydroxylation sites is 1. The highest BCUT2D eigenvalue weighted by atomic mass is 16.5. The zero-order chi connectivity index (χ0) is 23.1. The van der Waals surface area contributed by atoms with Crippen molar-refractivity contribution in [1.29, 1.82) is 0 Å². The molecule has 2 N–H and O–H groups in total. The molecule has 1 spiro atoms. The van der Waals surface area contributed by atoms with Crippen LogP contribution in [0, 0.1) is 5.41 Å². The molecule has 0 aliphatic carbocycles. The van der Waals surface area contributed by atoms with Crippen LogP contribution in [0.3, 0.4) is 0 Å². The van der Waals surface area contributed by atoms with Gasteiger partial charge in [-0.25, -0.2) is 0 Å². The maximum Gasteiger partial charge on any atom is 0.258 e. The summed E-state index contributed by atoms with van der Waals surface area (Å²) < 4.78 is 7.54. The Morgan fingerprint density at radius 1 is 1.09 bits per heavy atom. The molecule has 1 fully saturated rings. The summed E-state index contributed by atoms with van der Waals surface area (Å²) in [7, 11) is 1.93. The number of aromatic nitrogens is 2. The average Bonchev–Trinajstić information content (AvgIpc) is 3.23. The van der Waals surface area contributed by atoms with Crippen LogP contribution in [-0.2, 0) is 29.6 Å². The number of benzene rings is 1. The van der Waals surface area contributed by atoms with Crippen molar-refractivity contribution in [3.63, 3.8) is 0 Å². The first-order valence-electron chi connectivity index (χ1n) is 11.6. The number of rotatable bonds is 2. The number of carbonyl (C=O) groups is 2. The van der Waals surface area contributed by atoms with Crippen molar-refractivity contribution in [2.45, 2.75) is 32.2 Å². The van der Waals surface area contributed by atoms with Crippen molar-refractivity contribution in [1.82, 2.24) is 25.3 Å². The van der Waals surface area contributed by atoms with Gasteiger partial charge in [0.15, 0.2) is 6.61 Å². The summed E-state index contributed by atoms with van der Waals surface area (Å²) in [6.45, 7) is 3.34. The van der Waals surface area contributed by atoms with E-state index < -0.39 is 5.41 Å². The minimum atomic E-state index is -0.428. The summed E-state index contributed by atoms with van der Waals surface area (Å²) in [4.78, 5) is 27.8. The Bertz CT molecular complexity index is 991. The van der Waals surface area contributed by atoms with Crippen LogP contribution in [0.4, 0.5) is 0 Å². The van der Waals surface area contributed by atoms with Gasteiger partial charge >= 0.3 is 0 Å². The number of piperidine rings is 1. The fourth-order valence-electron chi connectivity index (χ4n) is 4.57. The third kappa shape index (κ3) is 6.01. The fourth-order valence-corrected chi connectivity index (χ4v) is 4.57. The highest BCUT2D eigenvalue weighted by Crippen LogP contribution is 2.36. The molecule has 0 bridgehead atoms. The highest BCUT2D eigenvalue weighted by molar-refractivity contribution is 5.83. The number of carbonyl (C=O) groups excluding carboxylic acids is 2. The number of hydrogen-bond acceptors (Lipinski definition) is 5. The predicted molar refractivity (Wildman–Crippen MR) is 126 cm³/mol. The number of likely N-dealkylation sites (tertiary alicyclic amines) is 1. The molecular weight excluding hydrogens is 418 g/mol. The molecule has 33 heavy (non-hydrogen) atoms. The van der Waals surface area contributed by atoms with E-state index in [4.69, 9.17) is 4.74 Å². The lowest BCUT2D eigenvalue weighted by atomic mass is 9.74. The number of ether oxygens (including phenoxy) is 1. The number of aryl methyl sites for hydroxylation is 1. The molecule has 0 saturated carbocycles. The molecule has 1 aromatic heterocycles. The van der Waals surface area contributed by atoms with E-state index in [1.807, 2.05) is 48.4 Å². The third-order valence-corrected chi connectivity index (χ3v) is 6.54. The lowest BCUT2D eigenvalue weighted by molar-refractivity contribution is -0.134. The Hall–Kier alpha value is -3.13. The van der Waals surface area contributed by atoms with E-state index in [1.54, 1.807) is 0 Å². The largest absolute Gasteiger partial charge is 0.483 e. The van der Waals surface area contributed by atoms with Gasteiger partial charge in [-0.3, -0.25) is 19.2 Å². The normalized spacial score (nSPS) is 21.1. The fraction of sp³-hybridized carbons (Fsp3) is 0.480. The molecule has 2 aliphatic rings. The van der Waals surface area contributed by atoms with Crippen molar-refractivity contribution in [3.8, 4) is 5.75 Å². The molecule has 4 rings (SSSR count). The molecule has 3 heterocycles. The topological polar surface area (TPSA) is 88.5 Å². The van der Waals surface area contributed by atoms with Crippen LogP contribution in [0.15, 0.2) is 48.8 Å². The number of allylic oxidation sites excluding steroid dienone is 2. The second kappa shape index (κ2) is 10.7. The van der Waals surface area contributed by atoms with E-state index in [9.17, 15) is 9.59 Å². The van der Waals surface area contributed by atoms with Crippen LogP contribution in [0.2, 0.25) is 0 Å². The number of nitrogens with zero attached hydrogens (tertiary/aromatic N) is 3. The summed E-state index contributed by atoms with van der Waals surface area (Å²) in [6.07, 6.45) is 11.2. The van der Waals surface area contributed by atoms with Gasteiger partial charge in [0.1, 0.15) is 5.75 Å². The van der Waals surface area contributed by atoms with Crippen LogP contribution >= 0.6 is 0 Å². The van der Waals surface area contributed by atoms with Crippen molar-refractivity contribution in [2.24, 2.45) is 12.5 Å². The van der Waals surface area contributed by atoms with Gasteiger partial charge in [-0.1, -0.05) is 30.4 Å². The van der Waals surface area contributed by atoms with Crippen LogP contribution in [0.25, 0.3) is 0 Å². The molecular formula is C25H33N5O3.